The van der Waals surface area contributed by atoms with Crippen LogP contribution in [0.5, 0.6) is 0 Å². The van der Waals surface area contributed by atoms with Crippen LogP contribution in [0.25, 0.3) is 0 Å². The average molecular weight is 247 g/mol. The molecule has 92 valence electrons. The zero-order valence-electron chi connectivity index (χ0n) is 9.67. The molecule has 0 atom stereocenters. The second-order valence-corrected chi connectivity index (χ2v) is 6.01. The molecule has 1 aromatic heterocycles. The lowest BCUT2D eigenvalue weighted by Crippen LogP contribution is -2.22. The van der Waals surface area contributed by atoms with Gasteiger partial charge in [-0.25, -0.2) is 13.6 Å². The van der Waals surface area contributed by atoms with E-state index in [4.69, 9.17) is 9.88 Å². The Hall–Kier alpha value is -0.920. The Balaban J connectivity index is 2.54. The maximum Gasteiger partial charge on any atom is 0.241 e. The SMILES string of the molecule is CC(C)(C)OCCn1cc(S(N)(=O)=O)cn1. The van der Waals surface area contributed by atoms with E-state index in [0.717, 1.165) is 0 Å². The molecular formula is C9H17N3O3S. The van der Waals surface area contributed by atoms with Crippen LogP contribution in [0.2, 0.25) is 0 Å². The van der Waals surface area contributed by atoms with E-state index in [1.165, 1.54) is 17.1 Å². The summed E-state index contributed by atoms with van der Waals surface area (Å²) in [7, 11) is -3.66. The quantitative estimate of drug-likeness (QED) is 0.831. The van der Waals surface area contributed by atoms with E-state index in [0.29, 0.717) is 13.2 Å². The minimum atomic E-state index is -3.66. The molecule has 0 saturated heterocycles. The number of nitrogens with zero attached hydrogens (tertiary/aromatic N) is 2. The normalized spacial score (nSPS) is 13.0. The highest BCUT2D eigenvalue weighted by atomic mass is 32.2. The Morgan fingerprint density at radius 3 is 2.56 bits per heavy atom. The van der Waals surface area contributed by atoms with Gasteiger partial charge in [0.25, 0.3) is 0 Å². The zero-order valence-corrected chi connectivity index (χ0v) is 10.5. The van der Waals surface area contributed by atoms with Gasteiger partial charge in [0.1, 0.15) is 4.90 Å². The molecule has 1 rings (SSSR count). The minimum Gasteiger partial charge on any atom is -0.374 e. The molecule has 0 aliphatic heterocycles. The lowest BCUT2D eigenvalue weighted by atomic mass is 10.2. The first-order chi connectivity index (χ1) is 7.18. The van der Waals surface area contributed by atoms with Crippen LogP contribution in [0, 0.1) is 0 Å². The molecule has 2 N–H and O–H groups in total. The fourth-order valence-corrected chi connectivity index (χ4v) is 1.52. The van der Waals surface area contributed by atoms with Crippen molar-refractivity contribution in [1.29, 1.82) is 0 Å². The summed E-state index contributed by atoms with van der Waals surface area (Å²) in [6.45, 7) is 6.81. The van der Waals surface area contributed by atoms with Gasteiger partial charge in [-0.1, -0.05) is 0 Å². The summed E-state index contributed by atoms with van der Waals surface area (Å²) in [5, 5.41) is 8.84. The number of hydrogen-bond acceptors (Lipinski definition) is 4. The molecule has 0 fully saturated rings. The molecule has 16 heavy (non-hydrogen) atoms. The van der Waals surface area contributed by atoms with Gasteiger partial charge < -0.3 is 4.74 Å². The summed E-state index contributed by atoms with van der Waals surface area (Å²) in [6.07, 6.45) is 2.62. The number of primary sulfonamides is 1. The van der Waals surface area contributed by atoms with Crippen molar-refractivity contribution in [2.24, 2.45) is 5.14 Å². The lowest BCUT2D eigenvalue weighted by molar-refractivity contribution is -0.00791. The second-order valence-electron chi connectivity index (χ2n) is 4.44. The Kier molecular flexibility index (Phi) is 3.72. The van der Waals surface area contributed by atoms with Crippen molar-refractivity contribution < 1.29 is 13.2 Å². The monoisotopic (exact) mass is 247 g/mol. The van der Waals surface area contributed by atoms with Gasteiger partial charge >= 0.3 is 0 Å². The average Bonchev–Trinajstić information content (AvgIpc) is 2.49. The maximum atomic E-state index is 11.0. The number of aromatic nitrogens is 2. The molecule has 0 radical (unpaired) electrons. The van der Waals surface area contributed by atoms with Gasteiger partial charge in [0, 0.05) is 6.20 Å². The molecular weight excluding hydrogens is 230 g/mol. The molecule has 0 amide bonds. The Bertz CT molecular complexity index is 445. The third-order valence-electron chi connectivity index (χ3n) is 1.79. The molecule has 1 heterocycles. The van der Waals surface area contributed by atoms with Crippen LogP contribution in [0.15, 0.2) is 17.3 Å². The van der Waals surface area contributed by atoms with Crippen LogP contribution in [-0.4, -0.2) is 30.4 Å². The maximum absolute atomic E-state index is 11.0. The highest BCUT2D eigenvalue weighted by Gasteiger charge is 2.12. The largest absolute Gasteiger partial charge is 0.374 e. The van der Waals surface area contributed by atoms with Gasteiger partial charge in [-0.3, -0.25) is 4.68 Å². The van der Waals surface area contributed by atoms with Crippen molar-refractivity contribution in [2.75, 3.05) is 6.61 Å². The third kappa shape index (κ3) is 4.30. The van der Waals surface area contributed by atoms with Gasteiger partial charge in [0.15, 0.2) is 0 Å². The van der Waals surface area contributed by atoms with E-state index in [9.17, 15) is 8.42 Å². The first kappa shape index (κ1) is 13.1. The smallest absolute Gasteiger partial charge is 0.241 e. The van der Waals surface area contributed by atoms with Gasteiger partial charge in [0.2, 0.25) is 10.0 Å². The zero-order chi connectivity index (χ0) is 12.4. The van der Waals surface area contributed by atoms with Crippen LogP contribution in [0.3, 0.4) is 0 Å². The van der Waals surface area contributed by atoms with Crippen molar-refractivity contribution in [3.05, 3.63) is 12.4 Å². The molecule has 7 heteroatoms. The second kappa shape index (κ2) is 4.52. The molecule has 0 aliphatic carbocycles. The fraction of sp³-hybridized carbons (Fsp3) is 0.667. The standard InChI is InChI=1S/C9H17N3O3S/c1-9(2,3)15-5-4-12-7-8(6-11-12)16(10,13)14/h6-7H,4-5H2,1-3H3,(H2,10,13,14). The number of nitrogens with two attached hydrogens (primary N) is 1. The number of hydrogen-bond donors (Lipinski definition) is 1. The first-order valence-electron chi connectivity index (χ1n) is 4.88. The van der Waals surface area contributed by atoms with Crippen molar-refractivity contribution in [1.82, 2.24) is 9.78 Å². The predicted octanol–water partition coefficient (Wildman–Crippen LogP) is 0.346. The highest BCUT2D eigenvalue weighted by Crippen LogP contribution is 2.07. The van der Waals surface area contributed by atoms with E-state index >= 15 is 0 Å². The molecule has 0 aliphatic rings. The molecule has 0 bridgehead atoms. The van der Waals surface area contributed by atoms with Gasteiger partial charge in [-0.05, 0) is 20.8 Å². The van der Waals surface area contributed by atoms with E-state index in [1.54, 1.807) is 0 Å². The van der Waals surface area contributed by atoms with Crippen molar-refractivity contribution >= 4 is 10.0 Å². The first-order valence-corrected chi connectivity index (χ1v) is 6.42. The number of ether oxygens (including phenoxy) is 1. The van der Waals surface area contributed by atoms with Crippen LogP contribution in [-0.2, 0) is 21.3 Å². The van der Waals surface area contributed by atoms with E-state index in [1.807, 2.05) is 20.8 Å². The fourth-order valence-electron chi connectivity index (χ4n) is 1.06. The molecule has 0 aromatic carbocycles. The number of sulfonamides is 1. The Morgan fingerprint density at radius 1 is 1.50 bits per heavy atom. The summed E-state index contributed by atoms with van der Waals surface area (Å²) < 4.78 is 28.9. The molecule has 6 nitrogen and oxygen atoms in total. The van der Waals surface area contributed by atoms with Crippen molar-refractivity contribution in [3.63, 3.8) is 0 Å². The summed E-state index contributed by atoms with van der Waals surface area (Å²) in [5.74, 6) is 0. The van der Waals surface area contributed by atoms with Crippen LogP contribution in [0.1, 0.15) is 20.8 Å². The topological polar surface area (TPSA) is 87.2 Å². The van der Waals surface area contributed by atoms with Gasteiger partial charge in [-0.15, -0.1) is 0 Å². The summed E-state index contributed by atoms with van der Waals surface area (Å²) in [5.41, 5.74) is -0.212. The lowest BCUT2D eigenvalue weighted by Gasteiger charge is -2.19. The van der Waals surface area contributed by atoms with Crippen molar-refractivity contribution in [3.8, 4) is 0 Å². The van der Waals surface area contributed by atoms with E-state index in [-0.39, 0.29) is 10.5 Å². The number of rotatable bonds is 4. The summed E-state index contributed by atoms with van der Waals surface area (Å²) >= 11 is 0. The molecule has 1 aromatic rings. The Morgan fingerprint density at radius 2 is 2.12 bits per heavy atom. The molecule has 0 saturated carbocycles. The van der Waals surface area contributed by atoms with Gasteiger partial charge in [0.05, 0.1) is 24.9 Å². The van der Waals surface area contributed by atoms with Crippen LogP contribution in [0.4, 0.5) is 0 Å². The summed E-state index contributed by atoms with van der Waals surface area (Å²) in [4.78, 5) is 0.0169. The van der Waals surface area contributed by atoms with Gasteiger partial charge in [-0.2, -0.15) is 5.10 Å². The molecule has 0 unspecified atom stereocenters. The predicted molar refractivity (Wildman–Crippen MR) is 59.3 cm³/mol. The van der Waals surface area contributed by atoms with Crippen LogP contribution < -0.4 is 5.14 Å². The molecule has 0 spiro atoms. The minimum absolute atomic E-state index is 0.0169. The highest BCUT2D eigenvalue weighted by molar-refractivity contribution is 7.89. The van der Waals surface area contributed by atoms with E-state index < -0.39 is 10.0 Å². The summed E-state index contributed by atoms with van der Waals surface area (Å²) in [6, 6.07) is 0. The van der Waals surface area contributed by atoms with Crippen molar-refractivity contribution in [2.45, 2.75) is 37.8 Å². The van der Waals surface area contributed by atoms with Crippen LogP contribution >= 0.6 is 0 Å². The van der Waals surface area contributed by atoms with E-state index in [2.05, 4.69) is 5.10 Å². The Labute approximate surface area is 95.4 Å². The third-order valence-corrected chi connectivity index (χ3v) is 2.66.